The van der Waals surface area contributed by atoms with Crippen molar-refractivity contribution in [2.75, 3.05) is 24.5 Å². The number of piperazine rings is 1. The van der Waals surface area contributed by atoms with E-state index in [1.54, 1.807) is 6.92 Å². The highest BCUT2D eigenvalue weighted by atomic mass is 19.4. The molecule has 0 radical (unpaired) electrons. The molecule has 0 aromatic heterocycles. The van der Waals surface area contributed by atoms with Crippen LogP contribution < -0.4 is 4.90 Å². The van der Waals surface area contributed by atoms with Gasteiger partial charge in [0.15, 0.2) is 0 Å². The Hall–Kier alpha value is -1.23. The van der Waals surface area contributed by atoms with Crippen LogP contribution in [0.15, 0.2) is 18.2 Å². The topological polar surface area (TPSA) is 6.48 Å². The Morgan fingerprint density at radius 1 is 1.15 bits per heavy atom. The van der Waals surface area contributed by atoms with E-state index in [-0.39, 0.29) is 0 Å². The van der Waals surface area contributed by atoms with Crippen LogP contribution in [0.5, 0.6) is 0 Å². The fraction of sp³-hybridized carbons (Fsp3) is 0.600. The molecule has 3 rings (SSSR count). The number of alkyl halides is 3. The largest absolute Gasteiger partial charge is 0.416 e. The maximum atomic E-state index is 12.9. The van der Waals surface area contributed by atoms with E-state index in [4.69, 9.17) is 0 Å². The Bertz CT molecular complexity index is 512. The standard InChI is InChI=1S/C15H19F3N2/c1-3-19-8-14-7-13(19)9-20(14)12-5-10(2)4-11(6-12)15(16,17)18/h4-6,13-14H,3,7-9H2,1-2H3. The summed E-state index contributed by atoms with van der Waals surface area (Å²) in [6.45, 7) is 6.71. The van der Waals surface area contributed by atoms with Crippen LogP contribution >= 0.6 is 0 Å². The number of anilines is 1. The van der Waals surface area contributed by atoms with E-state index in [1.807, 2.05) is 6.07 Å². The Morgan fingerprint density at radius 3 is 2.45 bits per heavy atom. The maximum absolute atomic E-state index is 12.9. The van der Waals surface area contributed by atoms with Crippen molar-refractivity contribution in [3.05, 3.63) is 29.3 Å². The van der Waals surface area contributed by atoms with Crippen LogP contribution in [-0.4, -0.2) is 36.6 Å². The van der Waals surface area contributed by atoms with Crippen LogP contribution in [0.25, 0.3) is 0 Å². The first-order valence-electron chi connectivity index (χ1n) is 7.08. The fourth-order valence-corrected chi connectivity index (χ4v) is 3.55. The van der Waals surface area contributed by atoms with Gasteiger partial charge in [-0.2, -0.15) is 13.2 Å². The van der Waals surface area contributed by atoms with Crippen molar-refractivity contribution in [3.8, 4) is 0 Å². The third-order valence-electron chi connectivity index (χ3n) is 4.48. The Morgan fingerprint density at radius 2 is 1.90 bits per heavy atom. The summed E-state index contributed by atoms with van der Waals surface area (Å²) in [6.07, 6.45) is -3.20. The van der Waals surface area contributed by atoms with Crippen molar-refractivity contribution < 1.29 is 13.2 Å². The van der Waals surface area contributed by atoms with Gasteiger partial charge in [0, 0.05) is 30.9 Å². The van der Waals surface area contributed by atoms with Crippen LogP contribution in [0, 0.1) is 6.92 Å². The molecule has 2 saturated heterocycles. The highest BCUT2D eigenvalue weighted by Gasteiger charge is 2.43. The lowest BCUT2D eigenvalue weighted by atomic mass is 10.1. The molecule has 0 saturated carbocycles. The van der Waals surface area contributed by atoms with Gasteiger partial charge in [0.1, 0.15) is 0 Å². The van der Waals surface area contributed by atoms with Gasteiger partial charge in [0.25, 0.3) is 0 Å². The minimum Gasteiger partial charge on any atom is -0.366 e. The number of benzene rings is 1. The van der Waals surface area contributed by atoms with Crippen LogP contribution in [0.2, 0.25) is 0 Å². The third-order valence-corrected chi connectivity index (χ3v) is 4.48. The summed E-state index contributed by atoms with van der Waals surface area (Å²) in [7, 11) is 0. The Labute approximate surface area is 117 Å². The number of likely N-dealkylation sites (tertiary alicyclic amines) is 1. The second kappa shape index (κ2) is 4.65. The van der Waals surface area contributed by atoms with E-state index in [2.05, 4.69) is 16.7 Å². The van der Waals surface area contributed by atoms with E-state index < -0.39 is 11.7 Å². The first kappa shape index (κ1) is 13.7. The Balaban J connectivity index is 1.88. The number of rotatable bonds is 2. The summed E-state index contributed by atoms with van der Waals surface area (Å²) in [5.74, 6) is 0. The molecule has 1 aromatic rings. The summed E-state index contributed by atoms with van der Waals surface area (Å²) in [4.78, 5) is 4.57. The van der Waals surface area contributed by atoms with Crippen molar-refractivity contribution in [2.45, 2.75) is 38.5 Å². The van der Waals surface area contributed by atoms with Gasteiger partial charge in [-0.3, -0.25) is 4.90 Å². The van der Waals surface area contributed by atoms with Gasteiger partial charge in [-0.25, -0.2) is 0 Å². The normalized spacial score (nSPS) is 26.6. The molecular weight excluding hydrogens is 265 g/mol. The highest BCUT2D eigenvalue weighted by Crippen LogP contribution is 2.38. The smallest absolute Gasteiger partial charge is 0.366 e. The van der Waals surface area contributed by atoms with Crippen LogP contribution in [0.4, 0.5) is 18.9 Å². The second-order valence-electron chi connectivity index (χ2n) is 5.84. The zero-order chi connectivity index (χ0) is 14.5. The van der Waals surface area contributed by atoms with E-state index in [0.29, 0.717) is 17.6 Å². The molecule has 2 bridgehead atoms. The van der Waals surface area contributed by atoms with E-state index in [9.17, 15) is 13.2 Å². The summed E-state index contributed by atoms with van der Waals surface area (Å²) in [5, 5.41) is 0. The molecule has 1 aromatic carbocycles. The molecule has 0 aliphatic carbocycles. The fourth-order valence-electron chi connectivity index (χ4n) is 3.55. The molecule has 20 heavy (non-hydrogen) atoms. The third kappa shape index (κ3) is 2.28. The van der Waals surface area contributed by atoms with E-state index in [1.165, 1.54) is 12.1 Å². The van der Waals surface area contributed by atoms with Crippen molar-refractivity contribution in [3.63, 3.8) is 0 Å². The molecular formula is C15H19F3N2. The van der Waals surface area contributed by atoms with Crippen molar-refractivity contribution in [2.24, 2.45) is 0 Å². The van der Waals surface area contributed by atoms with Gasteiger partial charge in [-0.15, -0.1) is 0 Å². The predicted octanol–water partition coefficient (Wildman–Crippen LogP) is 3.30. The second-order valence-corrected chi connectivity index (χ2v) is 5.84. The van der Waals surface area contributed by atoms with Gasteiger partial charge >= 0.3 is 6.18 Å². The summed E-state index contributed by atoms with van der Waals surface area (Å²) < 4.78 is 38.7. The summed E-state index contributed by atoms with van der Waals surface area (Å²) in [5.41, 5.74) is 0.855. The van der Waals surface area contributed by atoms with Gasteiger partial charge in [-0.05, 0) is 43.7 Å². The van der Waals surface area contributed by atoms with E-state index >= 15 is 0 Å². The van der Waals surface area contributed by atoms with Gasteiger partial charge in [-0.1, -0.05) is 6.92 Å². The molecule has 2 unspecified atom stereocenters. The molecule has 2 aliphatic rings. The number of nitrogens with zero attached hydrogens (tertiary/aromatic N) is 2. The van der Waals surface area contributed by atoms with Gasteiger partial charge < -0.3 is 4.90 Å². The number of halogens is 3. The number of hydrogen-bond acceptors (Lipinski definition) is 2. The predicted molar refractivity (Wildman–Crippen MR) is 73.0 cm³/mol. The van der Waals surface area contributed by atoms with Crippen LogP contribution in [0.3, 0.4) is 0 Å². The number of aryl methyl sites for hydroxylation is 1. The minimum atomic E-state index is -4.27. The molecule has 2 aliphatic heterocycles. The number of likely N-dealkylation sites (N-methyl/N-ethyl adjacent to an activating group) is 1. The monoisotopic (exact) mass is 284 g/mol. The lowest BCUT2D eigenvalue weighted by Gasteiger charge is -2.35. The summed E-state index contributed by atoms with van der Waals surface area (Å²) in [6, 6.07) is 5.24. The van der Waals surface area contributed by atoms with Crippen molar-refractivity contribution in [1.82, 2.24) is 4.90 Å². The number of hydrogen-bond donors (Lipinski definition) is 0. The maximum Gasteiger partial charge on any atom is 0.416 e. The SMILES string of the molecule is CCN1CC2CC1CN2c1cc(C)cc(C(F)(F)F)c1. The average Bonchev–Trinajstić information content (AvgIpc) is 2.96. The zero-order valence-corrected chi connectivity index (χ0v) is 11.7. The molecule has 110 valence electrons. The van der Waals surface area contributed by atoms with Crippen LogP contribution in [0.1, 0.15) is 24.5 Å². The molecule has 2 atom stereocenters. The summed E-state index contributed by atoms with van der Waals surface area (Å²) >= 11 is 0. The van der Waals surface area contributed by atoms with Gasteiger partial charge in [0.2, 0.25) is 0 Å². The van der Waals surface area contributed by atoms with E-state index in [0.717, 1.165) is 31.7 Å². The first-order valence-corrected chi connectivity index (χ1v) is 7.08. The minimum absolute atomic E-state index is 0.364. The molecule has 2 nitrogen and oxygen atoms in total. The quantitative estimate of drug-likeness (QED) is 0.822. The highest BCUT2D eigenvalue weighted by molar-refractivity contribution is 5.54. The van der Waals surface area contributed by atoms with Gasteiger partial charge in [0.05, 0.1) is 5.56 Å². The lowest BCUT2D eigenvalue weighted by molar-refractivity contribution is -0.137. The lowest BCUT2D eigenvalue weighted by Crippen LogP contribution is -2.46. The molecule has 0 spiro atoms. The average molecular weight is 284 g/mol. The first-order chi connectivity index (χ1) is 9.38. The molecule has 0 N–H and O–H groups in total. The molecule has 2 heterocycles. The Kier molecular flexibility index (Phi) is 3.20. The van der Waals surface area contributed by atoms with Crippen molar-refractivity contribution in [1.29, 1.82) is 0 Å². The molecule has 2 fully saturated rings. The molecule has 0 amide bonds. The van der Waals surface area contributed by atoms with Crippen LogP contribution in [-0.2, 0) is 6.18 Å². The molecule has 5 heteroatoms. The number of fused-ring (bicyclic) bond motifs is 2. The zero-order valence-electron chi connectivity index (χ0n) is 11.7. The van der Waals surface area contributed by atoms with Crippen molar-refractivity contribution >= 4 is 5.69 Å².